The van der Waals surface area contributed by atoms with Crippen LogP contribution in [0.3, 0.4) is 0 Å². The van der Waals surface area contributed by atoms with Crippen molar-refractivity contribution in [2.75, 3.05) is 18.0 Å². The van der Waals surface area contributed by atoms with E-state index < -0.39 is 5.60 Å². The molecule has 0 N–H and O–H groups in total. The molecule has 0 aromatic carbocycles. The number of amides is 1. The molecule has 9 heteroatoms. The number of rotatable bonds is 3. The fourth-order valence-corrected chi connectivity index (χ4v) is 3.92. The van der Waals surface area contributed by atoms with Crippen molar-refractivity contribution < 1.29 is 9.53 Å². The normalized spacial score (nSPS) is 19.4. The number of hydrogen-bond acceptors (Lipinski definition) is 7. The minimum absolute atomic E-state index is 0.0642. The molecule has 1 saturated heterocycles. The van der Waals surface area contributed by atoms with E-state index >= 15 is 0 Å². The van der Waals surface area contributed by atoms with Crippen LogP contribution in [-0.2, 0) is 11.8 Å². The molecule has 0 spiro atoms. The second kappa shape index (κ2) is 8.53. The number of pyridine rings is 1. The van der Waals surface area contributed by atoms with E-state index in [1.165, 1.54) is 4.57 Å². The van der Waals surface area contributed by atoms with E-state index in [1.807, 2.05) is 34.6 Å². The van der Waals surface area contributed by atoms with Crippen molar-refractivity contribution in [3.8, 4) is 6.07 Å². The maximum atomic E-state index is 12.9. The minimum Gasteiger partial charge on any atom is -0.444 e. The Morgan fingerprint density at radius 3 is 2.45 bits per heavy atom. The number of piperazine rings is 1. The van der Waals surface area contributed by atoms with E-state index in [0.29, 0.717) is 29.9 Å². The van der Waals surface area contributed by atoms with Crippen LogP contribution in [0, 0.1) is 11.3 Å². The third-order valence-electron chi connectivity index (χ3n) is 5.59. The highest BCUT2D eigenvalue weighted by atomic mass is 16.6. The number of carbonyl (C=O) groups is 1. The molecule has 0 aliphatic carbocycles. The number of nitrogens with zero attached hydrogens (tertiary/aromatic N) is 6. The molecule has 31 heavy (non-hydrogen) atoms. The van der Waals surface area contributed by atoms with Gasteiger partial charge in [0.2, 0.25) is 0 Å². The van der Waals surface area contributed by atoms with Crippen molar-refractivity contribution in [3.05, 3.63) is 28.3 Å². The molecule has 2 aromatic rings. The Hall–Kier alpha value is -3.15. The summed E-state index contributed by atoms with van der Waals surface area (Å²) < 4.78 is 7.06. The number of carbonyl (C=O) groups excluding carboxylic acids is 1. The molecule has 0 radical (unpaired) electrons. The zero-order valence-corrected chi connectivity index (χ0v) is 19.0. The predicted octanol–water partition coefficient (Wildman–Crippen LogP) is 2.81. The Labute approximate surface area is 182 Å². The zero-order chi connectivity index (χ0) is 22.9. The summed E-state index contributed by atoms with van der Waals surface area (Å²) in [6.45, 7) is 10.6. The van der Waals surface area contributed by atoms with Gasteiger partial charge < -0.3 is 14.5 Å². The molecule has 1 aliphatic rings. The third-order valence-corrected chi connectivity index (χ3v) is 5.59. The Kier molecular flexibility index (Phi) is 6.20. The molecule has 1 fully saturated rings. The van der Waals surface area contributed by atoms with E-state index in [1.54, 1.807) is 24.1 Å². The molecule has 166 valence electrons. The van der Waals surface area contributed by atoms with Gasteiger partial charge in [-0.15, -0.1) is 0 Å². The lowest BCUT2D eigenvalue weighted by Gasteiger charge is -2.46. The summed E-state index contributed by atoms with van der Waals surface area (Å²) in [5, 5.41) is 9.32. The molecule has 2 unspecified atom stereocenters. The highest BCUT2D eigenvalue weighted by Gasteiger charge is 2.38. The minimum atomic E-state index is -0.574. The molecular weight excluding hydrogens is 396 g/mol. The smallest absolute Gasteiger partial charge is 0.410 e. The van der Waals surface area contributed by atoms with Crippen LogP contribution < -0.4 is 10.6 Å². The molecule has 2 atom stereocenters. The van der Waals surface area contributed by atoms with Crippen molar-refractivity contribution >= 4 is 22.9 Å². The van der Waals surface area contributed by atoms with Gasteiger partial charge in [-0.3, -0.25) is 4.57 Å². The Bertz CT molecular complexity index is 1080. The van der Waals surface area contributed by atoms with Crippen LogP contribution in [0.25, 0.3) is 11.0 Å². The molecule has 9 nitrogen and oxygen atoms in total. The van der Waals surface area contributed by atoms with Gasteiger partial charge in [0.1, 0.15) is 22.9 Å². The van der Waals surface area contributed by atoms with E-state index in [9.17, 15) is 14.9 Å². The summed E-state index contributed by atoms with van der Waals surface area (Å²) in [6, 6.07) is 5.21. The van der Waals surface area contributed by atoms with E-state index in [-0.39, 0.29) is 29.6 Å². The number of aromatic nitrogens is 3. The summed E-state index contributed by atoms with van der Waals surface area (Å²) in [6.07, 6.45) is 1.14. The zero-order valence-electron chi connectivity index (χ0n) is 19.0. The quantitative estimate of drug-likeness (QED) is 0.743. The van der Waals surface area contributed by atoms with Crippen LogP contribution in [0.2, 0.25) is 0 Å². The number of ether oxygens (including phenoxy) is 1. The first-order valence-electron chi connectivity index (χ1n) is 10.6. The van der Waals surface area contributed by atoms with Gasteiger partial charge in [-0.2, -0.15) is 10.2 Å². The van der Waals surface area contributed by atoms with Crippen LogP contribution in [0.5, 0.6) is 0 Å². The summed E-state index contributed by atoms with van der Waals surface area (Å²) in [5.74, 6) is 0.462. The monoisotopic (exact) mass is 426 g/mol. The van der Waals surface area contributed by atoms with Gasteiger partial charge in [0.15, 0.2) is 5.82 Å². The van der Waals surface area contributed by atoms with Gasteiger partial charge in [-0.25, -0.2) is 14.6 Å². The van der Waals surface area contributed by atoms with E-state index in [0.717, 1.165) is 12.8 Å². The van der Waals surface area contributed by atoms with Gasteiger partial charge in [-0.05, 0) is 45.7 Å². The van der Waals surface area contributed by atoms with Crippen LogP contribution in [0.15, 0.2) is 16.9 Å². The number of fused-ring (bicyclic) bond motifs is 1. The molecule has 3 heterocycles. The van der Waals surface area contributed by atoms with E-state index in [2.05, 4.69) is 20.9 Å². The fourth-order valence-electron chi connectivity index (χ4n) is 3.92. The highest BCUT2D eigenvalue weighted by Crippen LogP contribution is 2.29. The Balaban J connectivity index is 2.06. The number of aryl methyl sites for hydroxylation is 1. The molecule has 1 amide bonds. The summed E-state index contributed by atoms with van der Waals surface area (Å²) in [5.41, 5.74) is 0.440. The lowest BCUT2D eigenvalue weighted by molar-refractivity contribution is 0.00983. The van der Waals surface area contributed by atoms with Crippen LogP contribution >= 0.6 is 0 Å². The number of anilines is 1. The van der Waals surface area contributed by atoms with Crippen LogP contribution in [0.1, 0.15) is 53.2 Å². The largest absolute Gasteiger partial charge is 0.444 e. The second-order valence-electron chi connectivity index (χ2n) is 8.86. The Morgan fingerprint density at radius 2 is 1.87 bits per heavy atom. The molecule has 3 rings (SSSR count). The molecule has 1 aliphatic heterocycles. The van der Waals surface area contributed by atoms with E-state index in [4.69, 9.17) is 4.74 Å². The SMILES string of the molecule is CCC1CN(c2nc(=O)n(C)c3ccc(C#N)nc23)C(CC)CN1C(=O)OC(C)(C)C. The van der Waals surface area contributed by atoms with Crippen molar-refractivity contribution in [3.63, 3.8) is 0 Å². The average Bonchev–Trinajstić information content (AvgIpc) is 2.73. The number of nitriles is 1. The van der Waals surface area contributed by atoms with Gasteiger partial charge in [0, 0.05) is 26.2 Å². The Morgan fingerprint density at radius 1 is 1.19 bits per heavy atom. The van der Waals surface area contributed by atoms with Crippen LogP contribution in [-0.4, -0.2) is 56.3 Å². The van der Waals surface area contributed by atoms with Crippen molar-refractivity contribution in [2.24, 2.45) is 7.05 Å². The molecular formula is C22H30N6O3. The van der Waals surface area contributed by atoms with Crippen molar-refractivity contribution in [2.45, 2.75) is 65.1 Å². The summed E-state index contributed by atoms with van der Waals surface area (Å²) in [4.78, 5) is 38.1. The van der Waals surface area contributed by atoms with Crippen LogP contribution in [0.4, 0.5) is 10.6 Å². The van der Waals surface area contributed by atoms with Gasteiger partial charge >= 0.3 is 11.8 Å². The maximum absolute atomic E-state index is 12.9. The maximum Gasteiger partial charge on any atom is 0.410 e. The number of hydrogen-bond donors (Lipinski definition) is 0. The lowest BCUT2D eigenvalue weighted by Crippen LogP contribution is -2.60. The van der Waals surface area contributed by atoms with Gasteiger partial charge in [0.25, 0.3) is 0 Å². The predicted molar refractivity (Wildman–Crippen MR) is 118 cm³/mol. The van der Waals surface area contributed by atoms with Gasteiger partial charge in [-0.1, -0.05) is 13.8 Å². The second-order valence-corrected chi connectivity index (χ2v) is 8.86. The first kappa shape index (κ1) is 22.5. The molecule has 0 saturated carbocycles. The molecule has 2 aromatic heterocycles. The van der Waals surface area contributed by atoms with Gasteiger partial charge in [0.05, 0.1) is 11.6 Å². The fraction of sp³-hybridized carbons (Fsp3) is 0.591. The van der Waals surface area contributed by atoms with Crippen molar-refractivity contribution in [1.82, 2.24) is 19.4 Å². The first-order chi connectivity index (χ1) is 14.6. The third kappa shape index (κ3) is 4.48. The average molecular weight is 427 g/mol. The molecule has 0 bridgehead atoms. The lowest BCUT2D eigenvalue weighted by atomic mass is 10.0. The summed E-state index contributed by atoms with van der Waals surface area (Å²) >= 11 is 0. The standard InChI is InChI=1S/C22H30N6O3/c1-7-15-13-28(21(30)31-22(3,4)5)16(8-2)12-27(15)19-18-17(26(6)20(29)25-19)10-9-14(11-23)24-18/h9-10,15-16H,7-8,12-13H2,1-6H3. The summed E-state index contributed by atoms with van der Waals surface area (Å²) in [7, 11) is 1.64. The van der Waals surface area contributed by atoms with Crippen molar-refractivity contribution in [1.29, 1.82) is 5.26 Å². The topological polar surface area (TPSA) is 104 Å². The highest BCUT2D eigenvalue weighted by molar-refractivity contribution is 5.86. The first-order valence-corrected chi connectivity index (χ1v) is 10.6.